The van der Waals surface area contributed by atoms with Gasteiger partial charge < -0.3 is 9.52 Å². The minimum Gasteiger partial charge on any atom is -0.477 e. The molecule has 2 aromatic rings. The Morgan fingerprint density at radius 3 is 2.85 bits per heavy atom. The quantitative estimate of drug-likeness (QED) is 0.848. The maximum atomic E-state index is 12.2. The molecule has 0 aliphatic heterocycles. The van der Waals surface area contributed by atoms with Crippen molar-refractivity contribution in [1.82, 2.24) is 4.72 Å². The van der Waals surface area contributed by atoms with E-state index in [1.165, 1.54) is 11.6 Å². The molecule has 0 bridgehead atoms. The summed E-state index contributed by atoms with van der Waals surface area (Å²) in [7, 11) is -3.84. The van der Waals surface area contributed by atoms with Crippen molar-refractivity contribution in [3.8, 4) is 0 Å². The largest absolute Gasteiger partial charge is 0.477 e. The van der Waals surface area contributed by atoms with Crippen molar-refractivity contribution in [1.29, 1.82) is 0 Å². The zero-order chi connectivity index (χ0) is 14.8. The van der Waals surface area contributed by atoms with E-state index in [1.807, 2.05) is 0 Å². The van der Waals surface area contributed by atoms with Crippen molar-refractivity contribution in [2.45, 2.75) is 18.2 Å². The molecule has 20 heavy (non-hydrogen) atoms. The van der Waals surface area contributed by atoms with E-state index >= 15 is 0 Å². The van der Waals surface area contributed by atoms with Crippen molar-refractivity contribution < 1.29 is 22.7 Å². The highest BCUT2D eigenvalue weighted by Crippen LogP contribution is 2.26. The van der Waals surface area contributed by atoms with Gasteiger partial charge in [0, 0.05) is 13.0 Å². The third-order valence-corrected chi connectivity index (χ3v) is 5.49. The second-order valence-corrected chi connectivity index (χ2v) is 6.69. The Bertz CT molecular complexity index is 700. The summed E-state index contributed by atoms with van der Waals surface area (Å²) in [6.07, 6.45) is 1.91. The fourth-order valence-corrected chi connectivity index (χ4v) is 4.41. The number of aromatic carboxylic acids is 1. The lowest BCUT2D eigenvalue weighted by molar-refractivity contribution is 0.0698. The molecular formula is C12H13NO5S2. The van der Waals surface area contributed by atoms with Crippen LogP contribution in [0.15, 0.2) is 33.1 Å². The SMILES string of the molecule is Cc1csc(C(=O)O)c1S(=O)(=O)NCCc1ccco1. The van der Waals surface area contributed by atoms with E-state index < -0.39 is 16.0 Å². The van der Waals surface area contributed by atoms with Crippen molar-refractivity contribution >= 4 is 27.3 Å². The second kappa shape index (κ2) is 5.78. The van der Waals surface area contributed by atoms with Gasteiger partial charge in [0.2, 0.25) is 10.0 Å². The molecule has 0 radical (unpaired) electrons. The van der Waals surface area contributed by atoms with E-state index in [-0.39, 0.29) is 16.3 Å². The summed E-state index contributed by atoms with van der Waals surface area (Å²) in [5.74, 6) is -0.581. The van der Waals surface area contributed by atoms with Crippen LogP contribution in [0.3, 0.4) is 0 Å². The van der Waals surface area contributed by atoms with E-state index in [9.17, 15) is 13.2 Å². The van der Waals surface area contributed by atoms with E-state index in [0.717, 1.165) is 11.3 Å². The normalized spacial score (nSPS) is 11.7. The third kappa shape index (κ3) is 3.09. The number of hydrogen-bond donors (Lipinski definition) is 2. The lowest BCUT2D eigenvalue weighted by Crippen LogP contribution is -2.27. The molecule has 8 heteroatoms. The van der Waals surface area contributed by atoms with Gasteiger partial charge in [-0.2, -0.15) is 0 Å². The van der Waals surface area contributed by atoms with Gasteiger partial charge in [-0.3, -0.25) is 0 Å². The van der Waals surface area contributed by atoms with Crippen LogP contribution < -0.4 is 4.72 Å². The van der Waals surface area contributed by atoms with Crippen LogP contribution in [-0.2, 0) is 16.4 Å². The topological polar surface area (TPSA) is 96.6 Å². The molecule has 0 atom stereocenters. The zero-order valence-corrected chi connectivity index (χ0v) is 12.3. The monoisotopic (exact) mass is 315 g/mol. The summed E-state index contributed by atoms with van der Waals surface area (Å²) in [5.41, 5.74) is 0.429. The first-order chi connectivity index (χ1) is 9.42. The Morgan fingerprint density at radius 2 is 2.25 bits per heavy atom. The number of nitrogens with one attached hydrogen (secondary N) is 1. The van der Waals surface area contributed by atoms with Gasteiger partial charge in [-0.15, -0.1) is 11.3 Å². The molecule has 0 saturated carbocycles. The fourth-order valence-electron chi connectivity index (χ4n) is 1.75. The Morgan fingerprint density at radius 1 is 1.50 bits per heavy atom. The molecular weight excluding hydrogens is 302 g/mol. The van der Waals surface area contributed by atoms with E-state index in [2.05, 4.69) is 4.72 Å². The molecule has 0 amide bonds. The minimum atomic E-state index is -3.84. The maximum absolute atomic E-state index is 12.2. The lowest BCUT2D eigenvalue weighted by Gasteiger charge is -2.06. The van der Waals surface area contributed by atoms with Crippen LogP contribution >= 0.6 is 11.3 Å². The van der Waals surface area contributed by atoms with Crippen LogP contribution in [0.2, 0.25) is 0 Å². The Balaban J connectivity index is 2.14. The molecule has 0 spiro atoms. The van der Waals surface area contributed by atoms with Gasteiger partial charge in [-0.25, -0.2) is 17.9 Å². The van der Waals surface area contributed by atoms with Gasteiger partial charge in [0.25, 0.3) is 0 Å². The summed E-state index contributed by atoms with van der Waals surface area (Å²) >= 11 is 0.905. The number of furan rings is 1. The summed E-state index contributed by atoms with van der Waals surface area (Å²) in [5, 5.41) is 10.5. The highest BCUT2D eigenvalue weighted by atomic mass is 32.2. The van der Waals surface area contributed by atoms with E-state index in [1.54, 1.807) is 19.1 Å². The first-order valence-electron chi connectivity index (χ1n) is 5.75. The summed E-state index contributed by atoms with van der Waals surface area (Å²) < 4.78 is 31.8. The molecule has 2 rings (SSSR count). The van der Waals surface area contributed by atoms with E-state index in [4.69, 9.17) is 9.52 Å². The van der Waals surface area contributed by atoms with Gasteiger partial charge in [0.1, 0.15) is 15.5 Å². The van der Waals surface area contributed by atoms with Gasteiger partial charge in [-0.1, -0.05) is 0 Å². The standard InChI is InChI=1S/C12H13NO5S2/c1-8-7-19-10(12(14)15)11(8)20(16,17)13-5-4-9-3-2-6-18-9/h2-3,6-7,13H,4-5H2,1H3,(H,14,15). The zero-order valence-electron chi connectivity index (χ0n) is 10.6. The molecule has 0 aliphatic rings. The average molecular weight is 315 g/mol. The molecule has 2 N–H and O–H groups in total. The first kappa shape index (κ1) is 14.8. The van der Waals surface area contributed by atoms with Crippen LogP contribution in [0.4, 0.5) is 0 Å². The smallest absolute Gasteiger partial charge is 0.347 e. The number of rotatable bonds is 6. The van der Waals surface area contributed by atoms with Crippen molar-refractivity contribution in [2.24, 2.45) is 0 Å². The number of sulfonamides is 1. The van der Waals surface area contributed by atoms with Crippen molar-refractivity contribution in [3.05, 3.63) is 40.0 Å². The predicted octanol–water partition coefficient (Wildman–Crippen LogP) is 1.87. The number of carboxylic acids is 1. The van der Waals surface area contributed by atoms with Crippen LogP contribution in [0.25, 0.3) is 0 Å². The van der Waals surface area contributed by atoms with Crippen LogP contribution in [0.5, 0.6) is 0 Å². The van der Waals surface area contributed by atoms with Gasteiger partial charge >= 0.3 is 5.97 Å². The molecule has 0 saturated heterocycles. The van der Waals surface area contributed by atoms with Crippen LogP contribution in [0.1, 0.15) is 21.0 Å². The molecule has 2 aromatic heterocycles. The predicted molar refractivity (Wildman–Crippen MR) is 73.6 cm³/mol. The van der Waals surface area contributed by atoms with Crippen molar-refractivity contribution in [2.75, 3.05) is 6.54 Å². The summed E-state index contributed by atoms with van der Waals surface area (Å²) in [4.78, 5) is 10.7. The fraction of sp³-hybridized carbons (Fsp3) is 0.250. The Kier molecular flexibility index (Phi) is 4.26. The number of carboxylic acid groups (broad SMARTS) is 1. The van der Waals surface area contributed by atoms with Crippen LogP contribution in [-0.4, -0.2) is 26.0 Å². The first-order valence-corrected chi connectivity index (χ1v) is 8.11. The molecule has 108 valence electrons. The van der Waals surface area contributed by atoms with Crippen LogP contribution in [0, 0.1) is 6.92 Å². The Labute approximate surface area is 120 Å². The van der Waals surface area contributed by atoms with Crippen molar-refractivity contribution in [3.63, 3.8) is 0 Å². The molecule has 0 aliphatic carbocycles. The van der Waals surface area contributed by atoms with Gasteiger partial charge in [-0.05, 0) is 30.0 Å². The number of hydrogen-bond acceptors (Lipinski definition) is 5. The lowest BCUT2D eigenvalue weighted by atomic mass is 10.3. The van der Waals surface area contributed by atoms with E-state index in [0.29, 0.717) is 17.7 Å². The number of carbonyl (C=O) groups is 1. The van der Waals surface area contributed by atoms with Gasteiger partial charge in [0.15, 0.2) is 0 Å². The summed E-state index contributed by atoms with van der Waals surface area (Å²) in [6.45, 7) is 1.72. The molecule has 6 nitrogen and oxygen atoms in total. The maximum Gasteiger partial charge on any atom is 0.347 e. The second-order valence-electron chi connectivity index (χ2n) is 4.11. The molecule has 2 heterocycles. The highest BCUT2D eigenvalue weighted by molar-refractivity contribution is 7.89. The highest BCUT2D eigenvalue weighted by Gasteiger charge is 2.26. The molecule has 0 fully saturated rings. The minimum absolute atomic E-state index is 0.143. The number of thiophene rings is 1. The molecule has 0 aromatic carbocycles. The Hall–Kier alpha value is -1.64. The molecule has 0 unspecified atom stereocenters. The third-order valence-electron chi connectivity index (χ3n) is 2.62. The average Bonchev–Trinajstić information content (AvgIpc) is 2.98. The number of aryl methyl sites for hydroxylation is 1. The summed E-state index contributed by atoms with van der Waals surface area (Å²) in [6, 6.07) is 3.46. The van der Waals surface area contributed by atoms with Gasteiger partial charge in [0.05, 0.1) is 6.26 Å².